The van der Waals surface area contributed by atoms with E-state index in [1.54, 1.807) is 0 Å². The van der Waals surface area contributed by atoms with Crippen LogP contribution in [0.3, 0.4) is 0 Å². The number of hydrogen-bond donors (Lipinski definition) is 2. The average Bonchev–Trinajstić information content (AvgIpc) is 2.85. The normalized spacial score (nSPS) is 21.6. The van der Waals surface area contributed by atoms with E-state index in [4.69, 9.17) is 4.74 Å². The molecule has 22 heavy (non-hydrogen) atoms. The fourth-order valence-electron chi connectivity index (χ4n) is 2.74. The Morgan fingerprint density at radius 3 is 2.64 bits per heavy atom. The molecule has 1 fully saturated rings. The van der Waals surface area contributed by atoms with E-state index >= 15 is 0 Å². The van der Waals surface area contributed by atoms with Crippen LogP contribution < -0.4 is 10.6 Å². The maximum absolute atomic E-state index is 11.8. The molecule has 1 aromatic heterocycles. The van der Waals surface area contributed by atoms with E-state index in [1.807, 2.05) is 45.3 Å². The van der Waals surface area contributed by atoms with Crippen LogP contribution in [0.1, 0.15) is 45.6 Å². The fraction of sp³-hybridized carbons (Fsp3) is 0.647. The summed E-state index contributed by atoms with van der Waals surface area (Å²) in [4.78, 5) is 15.8. The zero-order valence-electron chi connectivity index (χ0n) is 13.8. The van der Waals surface area contributed by atoms with Crippen molar-refractivity contribution in [2.75, 3.05) is 6.54 Å². The van der Waals surface area contributed by atoms with E-state index in [1.165, 1.54) is 5.56 Å². The topological polar surface area (TPSA) is 63.2 Å². The van der Waals surface area contributed by atoms with Crippen LogP contribution in [0, 0.1) is 0 Å². The predicted molar refractivity (Wildman–Crippen MR) is 86.7 cm³/mol. The molecule has 2 atom stereocenters. The molecule has 122 valence electrons. The summed E-state index contributed by atoms with van der Waals surface area (Å²) in [6.45, 7) is 6.59. The molecule has 0 aromatic carbocycles. The standard InChI is InChI=1S/C17H27N3O2/c1-17(2,3)22-16(21)20-15-5-4-14(12-15)19-11-8-13-6-9-18-10-7-13/h6-7,9-10,14-15,19H,4-5,8,11-12H2,1-3H3,(H,20,21). The number of amides is 1. The second-order valence-corrected chi connectivity index (χ2v) is 6.91. The van der Waals surface area contributed by atoms with Crippen molar-refractivity contribution in [2.45, 2.75) is 64.1 Å². The summed E-state index contributed by atoms with van der Waals surface area (Å²) in [6, 6.07) is 4.78. The van der Waals surface area contributed by atoms with Gasteiger partial charge in [0.2, 0.25) is 0 Å². The first-order chi connectivity index (χ1) is 10.4. The Kier molecular flexibility index (Phi) is 5.77. The highest BCUT2D eigenvalue weighted by Gasteiger charge is 2.27. The second-order valence-electron chi connectivity index (χ2n) is 6.91. The number of hydrogen-bond acceptors (Lipinski definition) is 4. The Morgan fingerprint density at radius 1 is 1.27 bits per heavy atom. The molecule has 0 spiro atoms. The summed E-state index contributed by atoms with van der Waals surface area (Å²) >= 11 is 0. The molecule has 1 aliphatic carbocycles. The van der Waals surface area contributed by atoms with Gasteiger partial charge < -0.3 is 15.4 Å². The van der Waals surface area contributed by atoms with Crippen molar-refractivity contribution in [1.29, 1.82) is 0 Å². The van der Waals surface area contributed by atoms with Crippen LogP contribution in [0.5, 0.6) is 0 Å². The lowest BCUT2D eigenvalue weighted by atomic mass is 10.2. The van der Waals surface area contributed by atoms with Crippen LogP contribution in [0.4, 0.5) is 4.79 Å². The van der Waals surface area contributed by atoms with E-state index in [0.29, 0.717) is 6.04 Å². The third-order valence-electron chi connectivity index (χ3n) is 3.75. The van der Waals surface area contributed by atoms with E-state index in [9.17, 15) is 4.79 Å². The molecule has 5 heteroatoms. The van der Waals surface area contributed by atoms with Crippen LogP contribution in [-0.4, -0.2) is 35.3 Å². The van der Waals surface area contributed by atoms with Gasteiger partial charge in [0.1, 0.15) is 5.60 Å². The van der Waals surface area contributed by atoms with Crippen molar-refractivity contribution >= 4 is 6.09 Å². The fourth-order valence-corrected chi connectivity index (χ4v) is 2.74. The molecule has 1 aliphatic rings. The predicted octanol–water partition coefficient (Wildman–Crippen LogP) is 2.66. The number of alkyl carbamates (subject to hydrolysis) is 1. The smallest absolute Gasteiger partial charge is 0.407 e. The summed E-state index contributed by atoms with van der Waals surface area (Å²) in [5, 5.41) is 6.53. The van der Waals surface area contributed by atoms with Crippen molar-refractivity contribution in [1.82, 2.24) is 15.6 Å². The van der Waals surface area contributed by atoms with Gasteiger partial charge in [0.25, 0.3) is 0 Å². The molecule has 2 unspecified atom stereocenters. The molecule has 1 heterocycles. The molecule has 0 radical (unpaired) electrons. The first-order valence-corrected chi connectivity index (χ1v) is 8.04. The first kappa shape index (κ1) is 16.7. The first-order valence-electron chi connectivity index (χ1n) is 8.04. The highest BCUT2D eigenvalue weighted by molar-refractivity contribution is 5.68. The van der Waals surface area contributed by atoms with Crippen molar-refractivity contribution in [3.8, 4) is 0 Å². The maximum atomic E-state index is 11.8. The number of carbonyl (C=O) groups excluding carboxylic acids is 1. The molecule has 0 saturated heterocycles. The lowest BCUT2D eigenvalue weighted by Crippen LogP contribution is -2.39. The van der Waals surface area contributed by atoms with Gasteiger partial charge in [-0.25, -0.2) is 4.79 Å². The Bertz CT molecular complexity index is 471. The number of ether oxygens (including phenoxy) is 1. The molecule has 2 rings (SSSR count). The highest BCUT2D eigenvalue weighted by atomic mass is 16.6. The van der Waals surface area contributed by atoms with Gasteiger partial charge in [0.05, 0.1) is 0 Å². The molecule has 1 aromatic rings. The number of nitrogens with zero attached hydrogens (tertiary/aromatic N) is 1. The third-order valence-corrected chi connectivity index (χ3v) is 3.75. The molecular formula is C17H27N3O2. The highest BCUT2D eigenvalue weighted by Crippen LogP contribution is 2.20. The number of nitrogens with one attached hydrogen (secondary N) is 2. The summed E-state index contributed by atoms with van der Waals surface area (Å²) in [7, 11) is 0. The lowest BCUT2D eigenvalue weighted by Gasteiger charge is -2.21. The minimum Gasteiger partial charge on any atom is -0.444 e. The van der Waals surface area contributed by atoms with Gasteiger partial charge in [0, 0.05) is 24.5 Å². The van der Waals surface area contributed by atoms with Gasteiger partial charge in [0.15, 0.2) is 0 Å². The van der Waals surface area contributed by atoms with Crippen molar-refractivity contribution < 1.29 is 9.53 Å². The summed E-state index contributed by atoms with van der Waals surface area (Å²) < 4.78 is 5.30. The summed E-state index contributed by atoms with van der Waals surface area (Å²) in [6.07, 6.45) is 7.41. The summed E-state index contributed by atoms with van der Waals surface area (Å²) in [5.74, 6) is 0. The van der Waals surface area contributed by atoms with Crippen molar-refractivity contribution in [3.63, 3.8) is 0 Å². The van der Waals surface area contributed by atoms with Gasteiger partial charge in [-0.15, -0.1) is 0 Å². The van der Waals surface area contributed by atoms with E-state index in [2.05, 4.69) is 15.6 Å². The lowest BCUT2D eigenvalue weighted by molar-refractivity contribution is 0.0505. The van der Waals surface area contributed by atoms with Gasteiger partial charge in [-0.2, -0.15) is 0 Å². The quantitative estimate of drug-likeness (QED) is 0.878. The Morgan fingerprint density at radius 2 is 1.95 bits per heavy atom. The van der Waals surface area contributed by atoms with Gasteiger partial charge in [-0.1, -0.05) is 0 Å². The second kappa shape index (κ2) is 7.58. The monoisotopic (exact) mass is 305 g/mol. The van der Waals surface area contributed by atoms with Crippen LogP contribution in [0.2, 0.25) is 0 Å². The maximum Gasteiger partial charge on any atom is 0.407 e. The molecule has 5 nitrogen and oxygen atoms in total. The number of carbonyl (C=O) groups is 1. The van der Waals surface area contributed by atoms with E-state index in [0.717, 1.165) is 32.2 Å². The van der Waals surface area contributed by atoms with E-state index < -0.39 is 5.60 Å². The minimum absolute atomic E-state index is 0.216. The Hall–Kier alpha value is -1.62. The SMILES string of the molecule is CC(C)(C)OC(=O)NC1CCC(NCCc2ccncc2)C1. The van der Waals surface area contributed by atoms with Crippen molar-refractivity contribution in [3.05, 3.63) is 30.1 Å². The molecule has 2 N–H and O–H groups in total. The van der Waals surface area contributed by atoms with Crippen molar-refractivity contribution in [2.24, 2.45) is 0 Å². The van der Waals surface area contributed by atoms with Crippen LogP contribution in [-0.2, 0) is 11.2 Å². The largest absolute Gasteiger partial charge is 0.444 e. The molecule has 1 amide bonds. The van der Waals surface area contributed by atoms with Crippen LogP contribution in [0.25, 0.3) is 0 Å². The number of rotatable bonds is 5. The third kappa shape index (κ3) is 6.02. The zero-order chi connectivity index (χ0) is 16.0. The van der Waals surface area contributed by atoms with Gasteiger partial charge in [-0.3, -0.25) is 4.98 Å². The number of pyridine rings is 1. The molecule has 1 saturated carbocycles. The van der Waals surface area contributed by atoms with Gasteiger partial charge in [-0.05, 0) is 70.7 Å². The molecular weight excluding hydrogens is 278 g/mol. The van der Waals surface area contributed by atoms with Crippen LogP contribution >= 0.6 is 0 Å². The average molecular weight is 305 g/mol. The number of aromatic nitrogens is 1. The summed E-state index contributed by atoms with van der Waals surface area (Å²) in [5.41, 5.74) is 0.856. The Balaban J connectivity index is 1.64. The van der Waals surface area contributed by atoms with Crippen LogP contribution in [0.15, 0.2) is 24.5 Å². The minimum atomic E-state index is -0.440. The zero-order valence-corrected chi connectivity index (χ0v) is 13.8. The Labute approximate surface area is 132 Å². The van der Waals surface area contributed by atoms with Gasteiger partial charge >= 0.3 is 6.09 Å². The van der Waals surface area contributed by atoms with E-state index in [-0.39, 0.29) is 12.1 Å². The molecule has 0 aliphatic heterocycles. The molecule has 0 bridgehead atoms.